The smallest absolute Gasteiger partial charge is 0.478 e. The number of halogens is 5. The fraction of sp³-hybridized carbons (Fsp3) is 0.350. The largest absolute Gasteiger partial charge is 0.490 e. The van der Waals surface area contributed by atoms with Crippen molar-refractivity contribution in [1.82, 2.24) is 4.98 Å². The monoisotopic (exact) mass is 527 g/mol. The van der Waals surface area contributed by atoms with Gasteiger partial charge in [-0.2, -0.15) is 13.2 Å². The van der Waals surface area contributed by atoms with Crippen molar-refractivity contribution in [3.8, 4) is 0 Å². The Morgan fingerprint density at radius 1 is 1.03 bits per heavy atom. The van der Waals surface area contributed by atoms with Gasteiger partial charge in [-0.25, -0.2) is 31.8 Å². The van der Waals surface area contributed by atoms with Gasteiger partial charge >= 0.3 is 18.1 Å². The Labute approximate surface area is 197 Å². The molecule has 0 unspecified atom stereocenters. The van der Waals surface area contributed by atoms with Crippen molar-refractivity contribution in [2.45, 2.75) is 37.8 Å². The van der Waals surface area contributed by atoms with Crippen molar-refractivity contribution in [2.24, 2.45) is 0 Å². The molecule has 0 aliphatic carbocycles. The van der Waals surface area contributed by atoms with Gasteiger partial charge < -0.3 is 15.1 Å². The normalized spacial score (nSPS) is 11.3. The third-order valence-electron chi connectivity index (χ3n) is 4.08. The lowest BCUT2D eigenvalue weighted by molar-refractivity contribution is -0.192. The van der Waals surface area contributed by atoms with Crippen LogP contribution in [0.1, 0.15) is 37.0 Å². The van der Waals surface area contributed by atoms with Crippen molar-refractivity contribution < 1.29 is 50.2 Å². The Morgan fingerprint density at radius 2 is 1.57 bits per heavy atom. The predicted molar refractivity (Wildman–Crippen MR) is 115 cm³/mol. The quantitative estimate of drug-likeness (QED) is 0.415. The predicted octanol–water partition coefficient (Wildman–Crippen LogP) is 4.12. The SMILES string of the molecule is CCCN(CCC)c1ncc(NS(=O)(=O)c2ccc(F)c(F)c2)cc1C(=O)O.O=C(O)C(F)(F)F. The summed E-state index contributed by atoms with van der Waals surface area (Å²) in [6.45, 7) is 5.10. The number of carboxylic acid groups (broad SMARTS) is 2. The zero-order valence-electron chi connectivity index (χ0n) is 18.4. The molecule has 2 rings (SSSR count). The van der Waals surface area contributed by atoms with Gasteiger partial charge in [-0.3, -0.25) is 4.72 Å². The van der Waals surface area contributed by atoms with E-state index < -0.39 is 44.7 Å². The van der Waals surface area contributed by atoms with Crippen LogP contribution in [0.2, 0.25) is 0 Å². The number of aliphatic carboxylic acids is 1. The van der Waals surface area contributed by atoms with Crippen molar-refractivity contribution in [3.63, 3.8) is 0 Å². The maximum Gasteiger partial charge on any atom is 0.490 e. The van der Waals surface area contributed by atoms with Gasteiger partial charge in [0.15, 0.2) is 11.6 Å². The average Bonchev–Trinajstić information content (AvgIpc) is 2.75. The molecule has 0 amide bonds. The molecule has 1 aromatic carbocycles. The molecule has 15 heteroatoms. The second-order valence-electron chi connectivity index (χ2n) is 6.87. The molecular formula is C20H22F5N3O6S. The number of nitrogens with zero attached hydrogens (tertiary/aromatic N) is 2. The number of carboxylic acids is 2. The molecule has 2 aromatic rings. The van der Waals surface area contributed by atoms with Gasteiger partial charge in [0.25, 0.3) is 10.0 Å². The van der Waals surface area contributed by atoms with Crippen LogP contribution in [-0.4, -0.2) is 54.8 Å². The lowest BCUT2D eigenvalue weighted by Crippen LogP contribution is -2.28. The van der Waals surface area contributed by atoms with E-state index in [4.69, 9.17) is 9.90 Å². The summed E-state index contributed by atoms with van der Waals surface area (Å²) in [4.78, 5) is 26.0. The summed E-state index contributed by atoms with van der Waals surface area (Å²) in [5.41, 5.74) is -0.258. The Hall–Kier alpha value is -3.49. The summed E-state index contributed by atoms with van der Waals surface area (Å²) in [5.74, 6) is -6.25. The fourth-order valence-corrected chi connectivity index (χ4v) is 3.69. The van der Waals surface area contributed by atoms with E-state index >= 15 is 0 Å². The van der Waals surface area contributed by atoms with Crippen LogP contribution in [0.5, 0.6) is 0 Å². The van der Waals surface area contributed by atoms with Crippen LogP contribution in [0.3, 0.4) is 0 Å². The molecule has 0 spiro atoms. The minimum absolute atomic E-state index is 0.0983. The minimum Gasteiger partial charge on any atom is -0.478 e. The summed E-state index contributed by atoms with van der Waals surface area (Å²) < 4.78 is 85.0. The van der Waals surface area contributed by atoms with E-state index in [1.807, 2.05) is 18.7 Å². The van der Waals surface area contributed by atoms with E-state index in [2.05, 4.69) is 9.71 Å². The van der Waals surface area contributed by atoms with Crippen molar-refractivity contribution in [2.75, 3.05) is 22.7 Å². The Balaban J connectivity index is 0.000000762. The van der Waals surface area contributed by atoms with Gasteiger partial charge in [0, 0.05) is 13.1 Å². The number of hydrogen-bond donors (Lipinski definition) is 3. The van der Waals surface area contributed by atoms with Crippen LogP contribution in [0, 0.1) is 11.6 Å². The van der Waals surface area contributed by atoms with Crippen LogP contribution < -0.4 is 9.62 Å². The fourth-order valence-electron chi connectivity index (χ4n) is 2.64. The highest BCUT2D eigenvalue weighted by Gasteiger charge is 2.38. The maximum absolute atomic E-state index is 13.3. The highest BCUT2D eigenvalue weighted by Crippen LogP contribution is 2.24. The molecule has 194 valence electrons. The number of hydrogen-bond acceptors (Lipinski definition) is 6. The van der Waals surface area contributed by atoms with E-state index in [1.165, 1.54) is 6.20 Å². The number of sulfonamides is 1. The number of aromatic carboxylic acids is 1. The van der Waals surface area contributed by atoms with E-state index in [0.717, 1.165) is 25.0 Å². The first-order valence-electron chi connectivity index (χ1n) is 9.90. The van der Waals surface area contributed by atoms with E-state index in [9.17, 15) is 40.3 Å². The number of nitrogens with one attached hydrogen (secondary N) is 1. The molecule has 0 aliphatic heterocycles. The van der Waals surface area contributed by atoms with E-state index in [1.54, 1.807) is 0 Å². The number of anilines is 2. The topological polar surface area (TPSA) is 137 Å². The van der Waals surface area contributed by atoms with Crippen molar-refractivity contribution in [1.29, 1.82) is 0 Å². The summed E-state index contributed by atoms with van der Waals surface area (Å²) >= 11 is 0. The van der Waals surface area contributed by atoms with Gasteiger partial charge in [0.2, 0.25) is 0 Å². The second-order valence-corrected chi connectivity index (χ2v) is 8.55. The zero-order valence-corrected chi connectivity index (χ0v) is 19.3. The standard InChI is InChI=1S/C18H21F2N3O4S.C2HF3O2/c1-3-7-23(8-4-2)17-14(18(24)25)9-12(11-21-17)22-28(26,27)13-5-6-15(19)16(20)10-13;3-2(4,5)1(6)7/h5-6,9-11,22H,3-4,7-8H2,1-2H3,(H,24,25);(H,6,7). The summed E-state index contributed by atoms with van der Waals surface area (Å²) in [7, 11) is -4.25. The molecule has 0 radical (unpaired) electrons. The minimum atomic E-state index is -5.08. The lowest BCUT2D eigenvalue weighted by Gasteiger charge is -2.24. The molecule has 0 aliphatic rings. The number of rotatable bonds is 9. The summed E-state index contributed by atoms with van der Waals surface area (Å²) in [6, 6.07) is 3.30. The Bertz CT molecular complexity index is 1150. The zero-order chi connectivity index (χ0) is 27.0. The van der Waals surface area contributed by atoms with Gasteiger partial charge in [-0.15, -0.1) is 0 Å². The number of carbonyl (C=O) groups is 2. The molecule has 9 nitrogen and oxygen atoms in total. The van der Waals surface area contributed by atoms with E-state index in [0.29, 0.717) is 25.2 Å². The number of pyridine rings is 1. The van der Waals surface area contributed by atoms with Crippen molar-refractivity contribution in [3.05, 3.63) is 47.7 Å². The third-order valence-corrected chi connectivity index (χ3v) is 5.46. The van der Waals surface area contributed by atoms with Crippen LogP contribution >= 0.6 is 0 Å². The first kappa shape index (κ1) is 29.5. The van der Waals surface area contributed by atoms with E-state index in [-0.39, 0.29) is 17.1 Å². The molecule has 0 atom stereocenters. The van der Waals surface area contributed by atoms with Gasteiger partial charge in [-0.05, 0) is 37.1 Å². The van der Waals surface area contributed by atoms with Gasteiger partial charge in [0.1, 0.15) is 11.4 Å². The van der Waals surface area contributed by atoms with Gasteiger partial charge in [-0.1, -0.05) is 13.8 Å². The van der Waals surface area contributed by atoms with Crippen LogP contribution in [0.15, 0.2) is 35.4 Å². The molecular weight excluding hydrogens is 505 g/mol. The Kier molecular flexibility index (Phi) is 10.4. The van der Waals surface area contributed by atoms with Crippen LogP contribution in [0.4, 0.5) is 33.5 Å². The Morgan fingerprint density at radius 3 is 2.00 bits per heavy atom. The molecule has 3 N–H and O–H groups in total. The summed E-state index contributed by atoms with van der Waals surface area (Å²) in [6.07, 6.45) is -2.33. The maximum atomic E-state index is 13.3. The number of aromatic nitrogens is 1. The van der Waals surface area contributed by atoms with Crippen LogP contribution in [0.25, 0.3) is 0 Å². The first-order chi connectivity index (χ1) is 16.1. The molecule has 0 saturated heterocycles. The molecule has 1 heterocycles. The van der Waals surface area contributed by atoms with Crippen LogP contribution in [-0.2, 0) is 14.8 Å². The molecule has 35 heavy (non-hydrogen) atoms. The van der Waals surface area contributed by atoms with Crippen molar-refractivity contribution >= 4 is 33.5 Å². The number of benzene rings is 1. The number of alkyl halides is 3. The highest BCUT2D eigenvalue weighted by molar-refractivity contribution is 7.92. The average molecular weight is 527 g/mol. The molecule has 1 aromatic heterocycles. The third kappa shape index (κ3) is 8.66. The highest BCUT2D eigenvalue weighted by atomic mass is 32.2. The molecule has 0 saturated carbocycles. The molecule has 0 fully saturated rings. The van der Waals surface area contributed by atoms with Gasteiger partial charge in [0.05, 0.1) is 16.8 Å². The molecule has 0 bridgehead atoms. The second kappa shape index (κ2) is 12.3. The summed E-state index contributed by atoms with van der Waals surface area (Å²) in [5, 5.41) is 16.6. The lowest BCUT2D eigenvalue weighted by atomic mass is 10.2. The first-order valence-corrected chi connectivity index (χ1v) is 11.4.